The zero-order valence-corrected chi connectivity index (χ0v) is 10.4. The van der Waals surface area contributed by atoms with Crippen molar-refractivity contribution in [2.24, 2.45) is 0 Å². The maximum Gasteiger partial charge on any atom is 0.257 e. The molecule has 92 valence electrons. The summed E-state index contributed by atoms with van der Waals surface area (Å²) >= 11 is 5.96. The minimum Gasteiger partial charge on any atom is -0.388 e. The van der Waals surface area contributed by atoms with Gasteiger partial charge in [0.2, 0.25) is 0 Å². The van der Waals surface area contributed by atoms with Gasteiger partial charge in [-0.1, -0.05) is 11.6 Å². The van der Waals surface area contributed by atoms with Crippen molar-refractivity contribution in [2.75, 3.05) is 13.1 Å². The lowest BCUT2D eigenvalue weighted by molar-refractivity contribution is -0.0107. The van der Waals surface area contributed by atoms with Crippen LogP contribution in [-0.4, -0.2) is 39.6 Å². The van der Waals surface area contributed by atoms with E-state index in [0.717, 1.165) is 12.8 Å². The van der Waals surface area contributed by atoms with Crippen molar-refractivity contribution in [1.82, 2.24) is 9.88 Å². The Morgan fingerprint density at radius 3 is 3.06 bits per heavy atom. The number of halogens is 1. The molecule has 1 fully saturated rings. The Kier molecular flexibility index (Phi) is 3.35. The summed E-state index contributed by atoms with van der Waals surface area (Å²) in [5.74, 6) is -0.164. The van der Waals surface area contributed by atoms with Gasteiger partial charge in [-0.25, -0.2) is 0 Å². The van der Waals surface area contributed by atoms with Gasteiger partial charge in [-0.3, -0.25) is 9.78 Å². The van der Waals surface area contributed by atoms with Crippen LogP contribution in [0.4, 0.5) is 0 Å². The van der Waals surface area contributed by atoms with Crippen molar-refractivity contribution in [1.29, 1.82) is 0 Å². The quantitative estimate of drug-likeness (QED) is 0.830. The molecule has 17 heavy (non-hydrogen) atoms. The van der Waals surface area contributed by atoms with Gasteiger partial charge in [0.15, 0.2) is 0 Å². The number of piperidine rings is 1. The predicted octanol–water partition coefficient (Wildman–Crippen LogP) is 1.72. The third-order valence-electron chi connectivity index (χ3n) is 2.96. The van der Waals surface area contributed by atoms with Crippen molar-refractivity contribution < 1.29 is 9.90 Å². The molecule has 5 heteroatoms. The lowest BCUT2D eigenvalue weighted by atomic mass is 9.95. The summed E-state index contributed by atoms with van der Waals surface area (Å²) in [4.78, 5) is 17.7. The maximum atomic E-state index is 12.2. The summed E-state index contributed by atoms with van der Waals surface area (Å²) < 4.78 is 0. The fraction of sp³-hybridized carbons (Fsp3) is 0.500. The SMILES string of the molecule is CC1(O)CCCN(C(=O)c2cnccc2Cl)C1. The molecule has 2 rings (SSSR count). The van der Waals surface area contributed by atoms with Gasteiger partial charge in [-0.15, -0.1) is 0 Å². The molecule has 1 aromatic heterocycles. The number of nitrogens with zero attached hydrogens (tertiary/aromatic N) is 2. The lowest BCUT2D eigenvalue weighted by Gasteiger charge is -2.36. The van der Waals surface area contributed by atoms with Crippen molar-refractivity contribution in [3.63, 3.8) is 0 Å². The lowest BCUT2D eigenvalue weighted by Crippen LogP contribution is -2.48. The molecule has 0 aliphatic carbocycles. The van der Waals surface area contributed by atoms with E-state index in [1.165, 1.54) is 6.20 Å². The molecule has 1 unspecified atom stereocenters. The van der Waals surface area contributed by atoms with Crippen molar-refractivity contribution >= 4 is 17.5 Å². The molecule has 1 amide bonds. The molecule has 0 aromatic carbocycles. The van der Waals surface area contributed by atoms with Crippen LogP contribution in [0.2, 0.25) is 5.02 Å². The number of hydrogen-bond acceptors (Lipinski definition) is 3. The molecular weight excluding hydrogens is 240 g/mol. The highest BCUT2D eigenvalue weighted by Gasteiger charge is 2.31. The average Bonchev–Trinajstić information content (AvgIpc) is 2.27. The number of likely N-dealkylation sites (tertiary alicyclic amines) is 1. The van der Waals surface area contributed by atoms with Crippen LogP contribution in [0.5, 0.6) is 0 Å². The Bertz CT molecular complexity index is 434. The summed E-state index contributed by atoms with van der Waals surface area (Å²) in [7, 11) is 0. The van der Waals surface area contributed by atoms with Gasteiger partial charge in [0.25, 0.3) is 5.91 Å². The van der Waals surface area contributed by atoms with Crippen LogP contribution in [0.15, 0.2) is 18.5 Å². The second-order valence-electron chi connectivity index (χ2n) is 4.68. The number of aromatic nitrogens is 1. The number of pyridine rings is 1. The van der Waals surface area contributed by atoms with E-state index in [1.54, 1.807) is 24.1 Å². The first-order chi connectivity index (χ1) is 7.99. The van der Waals surface area contributed by atoms with Gasteiger partial charge in [-0.2, -0.15) is 0 Å². The fourth-order valence-corrected chi connectivity index (χ4v) is 2.28. The molecule has 0 spiro atoms. The second kappa shape index (κ2) is 4.63. The van der Waals surface area contributed by atoms with Crippen LogP contribution in [0.3, 0.4) is 0 Å². The Morgan fingerprint density at radius 1 is 1.65 bits per heavy atom. The molecule has 1 atom stereocenters. The number of carbonyl (C=O) groups is 1. The zero-order valence-electron chi connectivity index (χ0n) is 9.69. The normalized spacial score (nSPS) is 24.8. The largest absolute Gasteiger partial charge is 0.388 e. The number of carbonyl (C=O) groups excluding carboxylic acids is 1. The summed E-state index contributed by atoms with van der Waals surface area (Å²) in [6.07, 6.45) is 4.54. The number of rotatable bonds is 1. The van der Waals surface area contributed by atoms with Gasteiger partial charge >= 0.3 is 0 Å². The zero-order chi connectivity index (χ0) is 12.5. The number of β-amino-alcohol motifs (C(OH)–C–C–N with tert-alkyl or cyclic N) is 1. The topological polar surface area (TPSA) is 53.4 Å². The first kappa shape index (κ1) is 12.3. The van der Waals surface area contributed by atoms with Crippen molar-refractivity contribution in [2.45, 2.75) is 25.4 Å². The smallest absolute Gasteiger partial charge is 0.257 e. The van der Waals surface area contributed by atoms with E-state index in [0.29, 0.717) is 23.7 Å². The number of aliphatic hydroxyl groups is 1. The molecule has 1 aromatic rings. The Morgan fingerprint density at radius 2 is 2.41 bits per heavy atom. The third-order valence-corrected chi connectivity index (χ3v) is 3.29. The second-order valence-corrected chi connectivity index (χ2v) is 5.09. The maximum absolute atomic E-state index is 12.2. The fourth-order valence-electron chi connectivity index (χ4n) is 2.10. The van der Waals surface area contributed by atoms with E-state index in [2.05, 4.69) is 4.98 Å². The first-order valence-electron chi connectivity index (χ1n) is 5.61. The minimum absolute atomic E-state index is 0.164. The number of hydrogen-bond donors (Lipinski definition) is 1. The molecule has 0 bridgehead atoms. The molecular formula is C12H15ClN2O2. The summed E-state index contributed by atoms with van der Waals surface area (Å²) in [6.45, 7) is 2.74. The standard InChI is InChI=1S/C12H15ClN2O2/c1-12(17)4-2-6-15(8-12)11(16)9-7-14-5-3-10(9)13/h3,5,7,17H,2,4,6,8H2,1H3. The molecule has 0 saturated carbocycles. The molecule has 4 nitrogen and oxygen atoms in total. The summed E-state index contributed by atoms with van der Waals surface area (Å²) in [6, 6.07) is 1.59. The molecule has 1 N–H and O–H groups in total. The third kappa shape index (κ3) is 2.76. The van der Waals surface area contributed by atoms with Gasteiger partial charge in [0.1, 0.15) is 0 Å². The van der Waals surface area contributed by atoms with Gasteiger partial charge in [0, 0.05) is 25.5 Å². The Hall–Kier alpha value is -1.13. The average molecular weight is 255 g/mol. The minimum atomic E-state index is -0.803. The Labute approximate surface area is 105 Å². The number of amides is 1. The van der Waals surface area contributed by atoms with Crippen LogP contribution < -0.4 is 0 Å². The monoisotopic (exact) mass is 254 g/mol. The predicted molar refractivity (Wildman–Crippen MR) is 65.0 cm³/mol. The Balaban J connectivity index is 2.18. The van der Waals surface area contributed by atoms with Crippen molar-refractivity contribution in [3.8, 4) is 0 Å². The molecule has 1 saturated heterocycles. The van der Waals surface area contributed by atoms with E-state index in [4.69, 9.17) is 11.6 Å². The molecule has 2 heterocycles. The van der Waals surface area contributed by atoms with E-state index >= 15 is 0 Å². The van der Waals surface area contributed by atoms with Gasteiger partial charge in [-0.05, 0) is 25.8 Å². The van der Waals surface area contributed by atoms with E-state index < -0.39 is 5.60 Å². The van der Waals surface area contributed by atoms with Crippen LogP contribution in [0.25, 0.3) is 0 Å². The van der Waals surface area contributed by atoms with Gasteiger partial charge in [0.05, 0.1) is 16.2 Å². The first-order valence-corrected chi connectivity index (χ1v) is 5.98. The van der Waals surface area contributed by atoms with Gasteiger partial charge < -0.3 is 10.0 Å². The summed E-state index contributed by atoms with van der Waals surface area (Å²) in [5, 5.41) is 10.4. The van der Waals surface area contributed by atoms with E-state index in [-0.39, 0.29) is 5.91 Å². The molecule has 1 aliphatic rings. The van der Waals surface area contributed by atoms with Crippen LogP contribution in [0.1, 0.15) is 30.1 Å². The van der Waals surface area contributed by atoms with Crippen LogP contribution >= 0.6 is 11.6 Å². The highest BCUT2D eigenvalue weighted by molar-refractivity contribution is 6.33. The summed E-state index contributed by atoms with van der Waals surface area (Å²) in [5.41, 5.74) is -0.408. The van der Waals surface area contributed by atoms with Crippen LogP contribution in [-0.2, 0) is 0 Å². The van der Waals surface area contributed by atoms with E-state index in [9.17, 15) is 9.90 Å². The van der Waals surface area contributed by atoms with E-state index in [1.807, 2.05) is 0 Å². The molecule has 0 radical (unpaired) electrons. The molecule has 1 aliphatic heterocycles. The highest BCUT2D eigenvalue weighted by Crippen LogP contribution is 2.23. The highest BCUT2D eigenvalue weighted by atomic mass is 35.5. The van der Waals surface area contributed by atoms with Crippen molar-refractivity contribution in [3.05, 3.63) is 29.0 Å². The van der Waals surface area contributed by atoms with Crippen LogP contribution in [0, 0.1) is 0 Å².